The van der Waals surface area contributed by atoms with E-state index in [2.05, 4.69) is 5.10 Å². The molecule has 1 aliphatic rings. The Labute approximate surface area is 120 Å². The van der Waals surface area contributed by atoms with Crippen molar-refractivity contribution >= 4 is 27.6 Å². The third-order valence-corrected chi connectivity index (χ3v) is 4.23. The zero-order valence-corrected chi connectivity index (χ0v) is 12.0. The molecule has 1 aromatic carbocycles. The summed E-state index contributed by atoms with van der Waals surface area (Å²) in [4.78, 5) is 24.8. The first-order valence-corrected chi connectivity index (χ1v) is 7.11. The van der Waals surface area contributed by atoms with Crippen molar-refractivity contribution in [2.75, 3.05) is 0 Å². The molecule has 0 amide bonds. The van der Waals surface area contributed by atoms with E-state index in [1.54, 1.807) is 17.7 Å². The fourth-order valence-corrected chi connectivity index (χ4v) is 3.35. The zero-order valence-electron chi connectivity index (χ0n) is 12.0. The number of rotatable bonds is 1. The van der Waals surface area contributed by atoms with Crippen molar-refractivity contribution in [3.8, 4) is 0 Å². The van der Waals surface area contributed by atoms with E-state index < -0.39 is 0 Å². The number of nitrogens with zero attached hydrogens (tertiary/aromatic N) is 3. The fourth-order valence-electron chi connectivity index (χ4n) is 3.35. The number of Topliss-reactive ketones (excluding diaryl/α,β-unsaturated/α-hetero) is 1. The molecule has 0 radical (unpaired) electrons. The summed E-state index contributed by atoms with van der Waals surface area (Å²) < 4.78 is 3.65. The van der Waals surface area contributed by atoms with Crippen LogP contribution in [0.4, 0.5) is 0 Å². The predicted molar refractivity (Wildman–Crippen MR) is 80.9 cm³/mol. The number of aryl methyl sites for hydroxylation is 3. The maximum absolute atomic E-state index is 12.8. The molecule has 0 saturated heterocycles. The molecule has 4 rings (SSSR count). The van der Waals surface area contributed by atoms with Crippen LogP contribution in [-0.2, 0) is 13.1 Å². The molecule has 21 heavy (non-hydrogen) atoms. The Balaban J connectivity index is 2.35. The molecule has 0 aliphatic carbocycles. The molecule has 0 N–H and O–H groups in total. The van der Waals surface area contributed by atoms with Gasteiger partial charge in [-0.3, -0.25) is 14.2 Å². The Morgan fingerprint density at radius 1 is 1.24 bits per heavy atom. The average molecular weight is 281 g/mol. The number of ketones is 1. The standard InChI is InChI=1S/C16H15N3O2/c1-9-6-11(10(2)20)14-12(7-9)16(21)18-4-3-5-19-15(18)13(14)8-17-19/h6-8H,3-5H2,1-2H3. The highest BCUT2D eigenvalue weighted by atomic mass is 16.1. The molecule has 5 nitrogen and oxygen atoms in total. The molecule has 3 heterocycles. The van der Waals surface area contributed by atoms with Crippen LogP contribution in [0.2, 0.25) is 0 Å². The number of benzene rings is 1. The Bertz CT molecular complexity index is 979. The monoisotopic (exact) mass is 281 g/mol. The van der Waals surface area contributed by atoms with Crippen LogP contribution in [0, 0.1) is 6.92 Å². The molecule has 2 aromatic heterocycles. The topological polar surface area (TPSA) is 56.9 Å². The van der Waals surface area contributed by atoms with Crippen LogP contribution in [-0.4, -0.2) is 20.1 Å². The minimum Gasteiger partial charge on any atom is -0.294 e. The third kappa shape index (κ3) is 1.54. The van der Waals surface area contributed by atoms with Crippen LogP contribution in [0.1, 0.15) is 29.3 Å². The molecule has 3 aromatic rings. The number of hydrogen-bond acceptors (Lipinski definition) is 3. The van der Waals surface area contributed by atoms with E-state index in [1.165, 1.54) is 0 Å². The highest BCUT2D eigenvalue weighted by Gasteiger charge is 2.21. The molecule has 0 bridgehead atoms. The largest absolute Gasteiger partial charge is 0.294 e. The van der Waals surface area contributed by atoms with Gasteiger partial charge in [-0.05, 0) is 38.0 Å². The molecule has 0 spiro atoms. The van der Waals surface area contributed by atoms with E-state index in [-0.39, 0.29) is 11.3 Å². The minimum atomic E-state index is -0.0230. The molecule has 0 unspecified atom stereocenters. The van der Waals surface area contributed by atoms with Gasteiger partial charge in [-0.2, -0.15) is 5.10 Å². The Hall–Kier alpha value is -2.43. The summed E-state index contributed by atoms with van der Waals surface area (Å²) in [7, 11) is 0. The lowest BCUT2D eigenvalue weighted by Gasteiger charge is -2.18. The van der Waals surface area contributed by atoms with E-state index in [1.807, 2.05) is 23.7 Å². The molecule has 0 fully saturated rings. The molecule has 1 aliphatic heterocycles. The van der Waals surface area contributed by atoms with Crippen molar-refractivity contribution in [1.29, 1.82) is 0 Å². The van der Waals surface area contributed by atoms with Crippen molar-refractivity contribution in [1.82, 2.24) is 14.3 Å². The summed E-state index contributed by atoms with van der Waals surface area (Å²) >= 11 is 0. The van der Waals surface area contributed by atoms with Crippen LogP contribution >= 0.6 is 0 Å². The second-order valence-electron chi connectivity index (χ2n) is 5.71. The van der Waals surface area contributed by atoms with Gasteiger partial charge in [-0.15, -0.1) is 0 Å². The SMILES string of the molecule is CC(=O)c1cc(C)cc2c(=O)n3c4c(cnn4CCC3)c12. The first-order valence-electron chi connectivity index (χ1n) is 7.11. The number of hydrogen-bond donors (Lipinski definition) is 0. The van der Waals surface area contributed by atoms with Crippen LogP contribution in [0.3, 0.4) is 0 Å². The summed E-state index contributed by atoms with van der Waals surface area (Å²) in [5.74, 6) is -0.0213. The molecular weight excluding hydrogens is 266 g/mol. The summed E-state index contributed by atoms with van der Waals surface area (Å²) in [6.45, 7) is 4.98. The summed E-state index contributed by atoms with van der Waals surface area (Å²) in [5.41, 5.74) is 2.36. The molecule has 106 valence electrons. The summed E-state index contributed by atoms with van der Waals surface area (Å²) in [6, 6.07) is 3.73. The molecular formula is C16H15N3O2. The number of carbonyl (C=O) groups is 1. The number of fused-ring (bicyclic) bond motifs is 2. The van der Waals surface area contributed by atoms with Crippen molar-refractivity contribution in [3.05, 3.63) is 39.8 Å². The van der Waals surface area contributed by atoms with E-state index in [9.17, 15) is 9.59 Å². The maximum Gasteiger partial charge on any atom is 0.260 e. The van der Waals surface area contributed by atoms with Gasteiger partial charge in [0.15, 0.2) is 5.78 Å². The lowest BCUT2D eigenvalue weighted by Crippen LogP contribution is -2.27. The number of carbonyl (C=O) groups excluding carboxylic acids is 1. The predicted octanol–water partition coefficient (Wildman–Crippen LogP) is 2.27. The second kappa shape index (κ2) is 4.04. The van der Waals surface area contributed by atoms with Gasteiger partial charge in [0.05, 0.1) is 6.20 Å². The van der Waals surface area contributed by atoms with E-state index in [0.717, 1.165) is 34.9 Å². The Kier molecular flexibility index (Phi) is 2.37. The van der Waals surface area contributed by atoms with Gasteiger partial charge in [0.2, 0.25) is 0 Å². The van der Waals surface area contributed by atoms with E-state index >= 15 is 0 Å². The van der Waals surface area contributed by atoms with Crippen molar-refractivity contribution in [2.45, 2.75) is 33.4 Å². The van der Waals surface area contributed by atoms with Gasteiger partial charge in [-0.25, -0.2) is 4.68 Å². The van der Waals surface area contributed by atoms with Crippen LogP contribution in [0.5, 0.6) is 0 Å². The normalized spacial score (nSPS) is 14.0. The van der Waals surface area contributed by atoms with Gasteiger partial charge in [-0.1, -0.05) is 0 Å². The lowest BCUT2D eigenvalue weighted by molar-refractivity contribution is 0.101. The maximum atomic E-state index is 12.8. The minimum absolute atomic E-state index is 0.0213. The fraction of sp³-hybridized carbons (Fsp3) is 0.312. The Morgan fingerprint density at radius 2 is 2.05 bits per heavy atom. The van der Waals surface area contributed by atoms with Gasteiger partial charge in [0.1, 0.15) is 5.65 Å². The highest BCUT2D eigenvalue weighted by Crippen LogP contribution is 2.29. The van der Waals surface area contributed by atoms with Crippen molar-refractivity contribution in [2.24, 2.45) is 0 Å². The van der Waals surface area contributed by atoms with Gasteiger partial charge in [0, 0.05) is 34.8 Å². The summed E-state index contributed by atoms with van der Waals surface area (Å²) in [6.07, 6.45) is 2.68. The van der Waals surface area contributed by atoms with Gasteiger partial charge in [0.25, 0.3) is 5.56 Å². The lowest BCUT2D eigenvalue weighted by atomic mass is 9.98. The van der Waals surface area contributed by atoms with Crippen molar-refractivity contribution in [3.63, 3.8) is 0 Å². The number of pyridine rings is 1. The Morgan fingerprint density at radius 3 is 2.81 bits per heavy atom. The second-order valence-corrected chi connectivity index (χ2v) is 5.71. The molecule has 0 atom stereocenters. The molecule has 5 heteroatoms. The first-order chi connectivity index (χ1) is 10.1. The van der Waals surface area contributed by atoms with Crippen LogP contribution in [0.25, 0.3) is 21.8 Å². The quantitative estimate of drug-likeness (QED) is 0.643. The van der Waals surface area contributed by atoms with Gasteiger partial charge < -0.3 is 0 Å². The number of aromatic nitrogens is 3. The summed E-state index contributed by atoms with van der Waals surface area (Å²) in [5, 5.41) is 6.65. The molecule has 0 saturated carbocycles. The van der Waals surface area contributed by atoms with Crippen LogP contribution < -0.4 is 5.56 Å². The zero-order chi connectivity index (χ0) is 14.7. The van der Waals surface area contributed by atoms with Crippen LogP contribution in [0.15, 0.2) is 23.1 Å². The third-order valence-electron chi connectivity index (χ3n) is 4.23. The first kappa shape index (κ1) is 12.3. The smallest absolute Gasteiger partial charge is 0.260 e. The van der Waals surface area contributed by atoms with Gasteiger partial charge >= 0.3 is 0 Å². The van der Waals surface area contributed by atoms with E-state index in [4.69, 9.17) is 0 Å². The van der Waals surface area contributed by atoms with E-state index in [0.29, 0.717) is 17.5 Å². The highest BCUT2D eigenvalue weighted by molar-refractivity contribution is 6.16. The average Bonchev–Trinajstić information content (AvgIpc) is 2.88. The van der Waals surface area contributed by atoms with Crippen molar-refractivity contribution < 1.29 is 4.79 Å².